The number of nitrogens with zero attached hydrogens (tertiary/aromatic N) is 1. The van der Waals surface area contributed by atoms with Gasteiger partial charge in [-0.3, -0.25) is 0 Å². The first kappa shape index (κ1) is 9.41. The Bertz CT molecular complexity index is 615. The van der Waals surface area contributed by atoms with Crippen LogP contribution in [0.15, 0.2) is 42.5 Å². The van der Waals surface area contributed by atoms with Gasteiger partial charge < -0.3 is 0 Å². The van der Waals surface area contributed by atoms with Crippen LogP contribution in [0.1, 0.15) is 30.1 Å². The van der Waals surface area contributed by atoms with Gasteiger partial charge in [0.15, 0.2) is 11.7 Å². The van der Waals surface area contributed by atoms with Crippen molar-refractivity contribution in [3.8, 4) is 11.3 Å². The quantitative estimate of drug-likeness (QED) is 0.602. The molecule has 17 heavy (non-hydrogen) atoms. The Kier molecular flexibility index (Phi) is 1.65. The summed E-state index contributed by atoms with van der Waals surface area (Å²) in [5.74, 6) is 1.52. The average Bonchev–Trinajstić information content (AvgIpc) is 3.02. The first-order valence-corrected chi connectivity index (χ1v) is 6.39. The van der Waals surface area contributed by atoms with Crippen molar-refractivity contribution < 1.29 is 4.57 Å². The number of aromatic nitrogens is 1. The number of rotatable bonds is 0. The number of aryl methyl sites for hydroxylation is 1. The van der Waals surface area contributed by atoms with E-state index in [1.807, 2.05) is 0 Å². The molecule has 0 N–H and O–H groups in total. The molecular weight excluding hydrogens is 206 g/mol. The summed E-state index contributed by atoms with van der Waals surface area (Å²) in [6.45, 7) is 4.60. The van der Waals surface area contributed by atoms with Crippen LogP contribution in [-0.4, -0.2) is 0 Å². The minimum absolute atomic E-state index is 0.695. The zero-order chi connectivity index (χ0) is 11.6. The Balaban J connectivity index is 2.09. The van der Waals surface area contributed by atoms with Crippen molar-refractivity contribution in [2.24, 2.45) is 5.92 Å². The zero-order valence-electron chi connectivity index (χ0n) is 10.2. The lowest BCUT2D eigenvalue weighted by molar-refractivity contribution is -0.700. The van der Waals surface area contributed by atoms with Gasteiger partial charge in [-0.1, -0.05) is 25.1 Å². The van der Waals surface area contributed by atoms with Crippen LogP contribution in [0, 0.1) is 12.8 Å². The molecule has 0 amide bonds. The maximum Gasteiger partial charge on any atom is 0.213 e. The van der Waals surface area contributed by atoms with Gasteiger partial charge in [-0.15, -0.1) is 0 Å². The van der Waals surface area contributed by atoms with Crippen molar-refractivity contribution in [2.45, 2.75) is 25.8 Å². The van der Waals surface area contributed by atoms with E-state index in [-0.39, 0.29) is 0 Å². The predicted molar refractivity (Wildman–Crippen MR) is 67.8 cm³/mol. The lowest BCUT2D eigenvalue weighted by atomic mass is 9.96. The van der Waals surface area contributed by atoms with Crippen LogP contribution in [0.5, 0.6) is 0 Å². The molecule has 2 heterocycles. The van der Waals surface area contributed by atoms with E-state index >= 15 is 0 Å². The summed E-state index contributed by atoms with van der Waals surface area (Å²) in [4.78, 5) is 0. The van der Waals surface area contributed by atoms with Crippen molar-refractivity contribution in [3.63, 3.8) is 0 Å². The third-order valence-corrected chi connectivity index (χ3v) is 4.46. The summed E-state index contributed by atoms with van der Waals surface area (Å²) in [6, 6.07) is 16.2. The van der Waals surface area contributed by atoms with Gasteiger partial charge in [0.25, 0.3) is 0 Å². The Hall–Kier alpha value is -1.63. The summed E-state index contributed by atoms with van der Waals surface area (Å²) in [7, 11) is 0. The number of hydrogen-bond donors (Lipinski definition) is 0. The Morgan fingerprint density at radius 1 is 1.00 bits per heavy atom. The van der Waals surface area contributed by atoms with Gasteiger partial charge in [0.2, 0.25) is 5.69 Å². The molecule has 0 radical (unpaired) electrons. The largest absolute Gasteiger partial charge is 0.213 e. The molecule has 1 nitrogen and oxygen atoms in total. The minimum atomic E-state index is 0.695. The van der Waals surface area contributed by atoms with E-state index in [1.54, 1.807) is 5.56 Å². The van der Waals surface area contributed by atoms with Crippen molar-refractivity contribution in [2.75, 3.05) is 0 Å². The fraction of sp³-hybridized carbons (Fsp3) is 0.312. The maximum atomic E-state index is 2.54. The highest BCUT2D eigenvalue weighted by Crippen LogP contribution is 2.59. The standard InChI is InChI=1S/C16H16N/c1-10-6-5-9-14-12-7-3-4-8-13(12)15-11(2)16(15)17(10)14/h3-9,11,15-16H,1-2H3/q+1/t11-,15?,16?/m1/s1. The van der Waals surface area contributed by atoms with Gasteiger partial charge in [0.05, 0.1) is 5.92 Å². The summed E-state index contributed by atoms with van der Waals surface area (Å²) < 4.78 is 2.54. The van der Waals surface area contributed by atoms with E-state index in [9.17, 15) is 0 Å². The van der Waals surface area contributed by atoms with Crippen LogP contribution in [0.2, 0.25) is 0 Å². The Morgan fingerprint density at radius 3 is 2.71 bits per heavy atom. The van der Waals surface area contributed by atoms with Gasteiger partial charge >= 0.3 is 0 Å². The number of fused-ring (bicyclic) bond motifs is 6. The van der Waals surface area contributed by atoms with Crippen LogP contribution in [0.4, 0.5) is 0 Å². The molecule has 2 aliphatic rings. The van der Waals surface area contributed by atoms with Crippen LogP contribution in [0.25, 0.3) is 11.3 Å². The zero-order valence-corrected chi connectivity index (χ0v) is 10.2. The Labute approximate surface area is 102 Å². The number of pyridine rings is 1. The van der Waals surface area contributed by atoms with E-state index in [0.717, 1.165) is 11.8 Å². The first-order valence-electron chi connectivity index (χ1n) is 6.39. The molecule has 1 fully saturated rings. The molecule has 1 aromatic carbocycles. The summed E-state index contributed by atoms with van der Waals surface area (Å²) in [6.07, 6.45) is 0. The molecule has 4 rings (SSSR count). The molecule has 1 aromatic heterocycles. The monoisotopic (exact) mass is 222 g/mol. The second-order valence-electron chi connectivity index (χ2n) is 5.39. The molecule has 1 aliphatic heterocycles. The molecule has 2 aromatic rings. The van der Waals surface area contributed by atoms with Crippen LogP contribution < -0.4 is 4.57 Å². The third-order valence-electron chi connectivity index (χ3n) is 4.46. The molecule has 2 unspecified atom stereocenters. The predicted octanol–water partition coefficient (Wildman–Crippen LogP) is 3.24. The van der Waals surface area contributed by atoms with Gasteiger partial charge in [-0.2, -0.15) is 4.57 Å². The normalized spacial score (nSPS) is 28.0. The van der Waals surface area contributed by atoms with Gasteiger partial charge in [0.1, 0.15) is 0 Å². The topological polar surface area (TPSA) is 3.88 Å². The van der Waals surface area contributed by atoms with Gasteiger partial charge in [-0.25, -0.2) is 0 Å². The van der Waals surface area contributed by atoms with E-state index < -0.39 is 0 Å². The summed E-state index contributed by atoms with van der Waals surface area (Å²) in [5, 5.41) is 0. The molecule has 0 bridgehead atoms. The molecular formula is C16H16N+. The molecule has 1 saturated carbocycles. The highest BCUT2D eigenvalue weighted by molar-refractivity contribution is 5.65. The molecule has 0 saturated heterocycles. The smallest absolute Gasteiger partial charge is 0.192 e. The molecule has 3 atom stereocenters. The number of benzene rings is 1. The van der Waals surface area contributed by atoms with Gasteiger partial charge in [0, 0.05) is 30.5 Å². The molecule has 1 heteroatoms. The summed E-state index contributed by atoms with van der Waals surface area (Å²) in [5.41, 5.74) is 5.76. The molecule has 1 aliphatic carbocycles. The Morgan fingerprint density at radius 2 is 1.82 bits per heavy atom. The van der Waals surface area contributed by atoms with E-state index in [1.165, 1.54) is 17.0 Å². The van der Waals surface area contributed by atoms with Crippen molar-refractivity contribution in [3.05, 3.63) is 53.7 Å². The lowest BCUT2D eigenvalue weighted by Crippen LogP contribution is -2.41. The molecule has 84 valence electrons. The highest BCUT2D eigenvalue weighted by Gasteiger charge is 2.60. The van der Waals surface area contributed by atoms with E-state index in [0.29, 0.717) is 6.04 Å². The van der Waals surface area contributed by atoms with Crippen molar-refractivity contribution >= 4 is 0 Å². The third kappa shape index (κ3) is 1.07. The second kappa shape index (κ2) is 2.98. The summed E-state index contributed by atoms with van der Waals surface area (Å²) >= 11 is 0. The van der Waals surface area contributed by atoms with Crippen LogP contribution in [0.3, 0.4) is 0 Å². The average molecular weight is 222 g/mol. The van der Waals surface area contributed by atoms with Gasteiger partial charge in [-0.05, 0) is 17.7 Å². The van der Waals surface area contributed by atoms with Crippen molar-refractivity contribution in [1.29, 1.82) is 0 Å². The number of hydrogen-bond acceptors (Lipinski definition) is 0. The van der Waals surface area contributed by atoms with E-state index in [2.05, 4.69) is 60.9 Å². The van der Waals surface area contributed by atoms with Crippen molar-refractivity contribution in [1.82, 2.24) is 0 Å². The maximum absolute atomic E-state index is 2.54. The SMILES string of the molecule is Cc1cccc2[n+]1C1C(c3ccccc3-2)[C@H]1C. The molecule has 0 spiro atoms. The minimum Gasteiger partial charge on any atom is -0.192 e. The fourth-order valence-electron chi connectivity index (χ4n) is 3.57. The lowest BCUT2D eigenvalue weighted by Gasteiger charge is -2.14. The van der Waals surface area contributed by atoms with Crippen LogP contribution >= 0.6 is 0 Å². The highest BCUT2D eigenvalue weighted by atomic mass is 15.1. The second-order valence-corrected chi connectivity index (χ2v) is 5.39. The van der Waals surface area contributed by atoms with E-state index in [4.69, 9.17) is 0 Å². The fourth-order valence-corrected chi connectivity index (χ4v) is 3.57. The first-order chi connectivity index (χ1) is 8.29. The van der Waals surface area contributed by atoms with Crippen LogP contribution in [-0.2, 0) is 0 Å².